The van der Waals surface area contributed by atoms with Gasteiger partial charge in [-0.15, -0.1) is 0 Å². The van der Waals surface area contributed by atoms with Gasteiger partial charge in [-0.05, 0) is 41.3 Å². The highest BCUT2D eigenvalue weighted by Gasteiger charge is 2.46. The van der Waals surface area contributed by atoms with E-state index in [4.69, 9.17) is 4.74 Å². The maximum atomic E-state index is 13.7. The Morgan fingerprint density at radius 2 is 1.61 bits per heavy atom. The Kier molecular flexibility index (Phi) is 8.71. The van der Waals surface area contributed by atoms with E-state index in [-0.39, 0.29) is 29.7 Å². The van der Waals surface area contributed by atoms with Gasteiger partial charge in [0.1, 0.15) is 11.9 Å². The average molecular weight is 634 g/mol. The van der Waals surface area contributed by atoms with Crippen molar-refractivity contribution in [3.63, 3.8) is 0 Å². The van der Waals surface area contributed by atoms with Crippen LogP contribution in [0.2, 0.25) is 0 Å². The van der Waals surface area contributed by atoms with Gasteiger partial charge >= 0.3 is 0 Å². The van der Waals surface area contributed by atoms with Gasteiger partial charge in [-0.1, -0.05) is 97.9 Å². The number of anilines is 1. The van der Waals surface area contributed by atoms with Gasteiger partial charge in [0.2, 0.25) is 0 Å². The zero-order chi connectivity index (χ0) is 32.3. The number of para-hydroxylation sites is 1. The number of aldehydes is 1. The van der Waals surface area contributed by atoms with E-state index in [1.165, 1.54) is 13.2 Å². The summed E-state index contributed by atoms with van der Waals surface area (Å²) in [6, 6.07) is 33.9. The fraction of sp³-hybridized carbons (Fsp3) is 0.216. The Balaban J connectivity index is 1.39. The number of rotatable bonds is 10. The van der Waals surface area contributed by atoms with E-state index in [2.05, 4.69) is 9.97 Å². The highest BCUT2D eigenvalue weighted by molar-refractivity contribution is 7.92. The summed E-state index contributed by atoms with van der Waals surface area (Å²) in [5.41, 5.74) is 3.11. The molecule has 0 saturated heterocycles. The molecule has 234 valence electrons. The van der Waals surface area contributed by atoms with Crippen molar-refractivity contribution in [3.8, 4) is 0 Å². The number of aromatic nitrogens is 2. The van der Waals surface area contributed by atoms with Crippen LogP contribution in [-0.2, 0) is 25.2 Å². The van der Waals surface area contributed by atoms with Gasteiger partial charge in [0.05, 0.1) is 23.1 Å². The number of carbonyl (C=O) groups excluding carboxylic acids is 1. The molecule has 0 spiro atoms. The molecule has 1 N–H and O–H groups in total. The summed E-state index contributed by atoms with van der Waals surface area (Å²) in [7, 11) is -2.62. The summed E-state index contributed by atoms with van der Waals surface area (Å²) >= 11 is 0. The SMILES string of the molecule is CCC(C1=C(O)CC(c2ccccc2)(c2ccccc2)OC1CC=O)c1cccc(N(C)S(=O)(=O)c2ncc3ccccc3n2)c1. The van der Waals surface area contributed by atoms with Gasteiger partial charge in [0.15, 0.2) is 0 Å². The highest BCUT2D eigenvalue weighted by Crippen LogP contribution is 2.49. The lowest BCUT2D eigenvalue weighted by atomic mass is 9.75. The van der Waals surface area contributed by atoms with Crippen molar-refractivity contribution in [2.75, 3.05) is 11.4 Å². The number of sulfonamides is 1. The van der Waals surface area contributed by atoms with Crippen molar-refractivity contribution >= 4 is 32.9 Å². The lowest BCUT2D eigenvalue weighted by Crippen LogP contribution is -2.42. The Morgan fingerprint density at radius 3 is 2.26 bits per heavy atom. The molecule has 1 aliphatic heterocycles. The normalized spacial score (nSPS) is 17.0. The van der Waals surface area contributed by atoms with Crippen molar-refractivity contribution in [1.29, 1.82) is 0 Å². The lowest BCUT2D eigenvalue weighted by Gasteiger charge is -2.44. The number of ether oxygens (including phenoxy) is 1. The van der Waals surface area contributed by atoms with Crippen LogP contribution in [0.15, 0.2) is 132 Å². The van der Waals surface area contributed by atoms with Gasteiger partial charge in [-0.3, -0.25) is 4.31 Å². The number of nitrogens with zero attached hydrogens (tertiary/aromatic N) is 3. The largest absolute Gasteiger partial charge is 0.512 e. The standard InChI is InChI=1S/C37H35N3O5S/c1-3-31(26-14-12-19-30(23-26)40(2)46(43,44)36-38-25-27-13-10-11-20-32(27)39-36)35-33(42)24-37(45-34(35)21-22-41,28-15-6-4-7-16-28)29-17-8-5-9-18-29/h4-20,22-23,25,31,34,42H,3,21,24H2,1-2H3. The summed E-state index contributed by atoms with van der Waals surface area (Å²) in [5.74, 6) is -0.184. The van der Waals surface area contributed by atoms with Crippen LogP contribution in [0.1, 0.15) is 48.8 Å². The maximum Gasteiger partial charge on any atom is 0.299 e. The van der Waals surface area contributed by atoms with Crippen LogP contribution in [0.4, 0.5) is 5.69 Å². The molecule has 0 saturated carbocycles. The number of hydrogen-bond donors (Lipinski definition) is 1. The van der Waals surface area contributed by atoms with Crippen molar-refractivity contribution in [1.82, 2.24) is 9.97 Å². The van der Waals surface area contributed by atoms with Crippen LogP contribution in [-0.4, -0.2) is 42.9 Å². The minimum Gasteiger partial charge on any atom is -0.512 e. The first-order valence-corrected chi connectivity index (χ1v) is 16.7. The number of benzene rings is 4. The Morgan fingerprint density at radius 1 is 0.957 bits per heavy atom. The maximum absolute atomic E-state index is 13.7. The van der Waals surface area contributed by atoms with Gasteiger partial charge < -0.3 is 14.6 Å². The predicted octanol–water partition coefficient (Wildman–Crippen LogP) is 7.08. The van der Waals surface area contributed by atoms with E-state index < -0.39 is 21.7 Å². The molecule has 4 aromatic carbocycles. The predicted molar refractivity (Wildman–Crippen MR) is 178 cm³/mol. The molecule has 1 aromatic heterocycles. The van der Waals surface area contributed by atoms with Crippen LogP contribution < -0.4 is 4.31 Å². The fourth-order valence-electron chi connectivity index (χ4n) is 6.39. The monoisotopic (exact) mass is 633 g/mol. The van der Waals surface area contributed by atoms with Crippen LogP contribution >= 0.6 is 0 Å². The summed E-state index contributed by atoms with van der Waals surface area (Å²) < 4.78 is 35.4. The first-order chi connectivity index (χ1) is 22.3. The average Bonchev–Trinajstić information content (AvgIpc) is 3.10. The van der Waals surface area contributed by atoms with E-state index in [0.717, 1.165) is 32.7 Å². The molecular formula is C37H35N3O5S. The summed E-state index contributed by atoms with van der Waals surface area (Å²) in [4.78, 5) is 20.5. The minimum atomic E-state index is -4.09. The third-order valence-electron chi connectivity index (χ3n) is 8.71. The number of carbonyl (C=O) groups is 1. The number of aliphatic hydroxyl groups excluding tert-OH is 1. The number of aliphatic hydroxyl groups is 1. The summed E-state index contributed by atoms with van der Waals surface area (Å²) in [6.45, 7) is 2.00. The molecule has 2 unspecified atom stereocenters. The fourth-order valence-corrected chi connectivity index (χ4v) is 7.43. The highest BCUT2D eigenvalue weighted by atomic mass is 32.2. The molecule has 0 aliphatic carbocycles. The van der Waals surface area contributed by atoms with Gasteiger partial charge in [0.25, 0.3) is 15.2 Å². The Bertz CT molecular complexity index is 1960. The van der Waals surface area contributed by atoms with Crippen LogP contribution in [0.25, 0.3) is 10.9 Å². The molecule has 0 bridgehead atoms. The van der Waals surface area contributed by atoms with Gasteiger partial charge in [0, 0.05) is 43.0 Å². The summed E-state index contributed by atoms with van der Waals surface area (Å²) in [6.07, 6.45) is 2.41. The molecule has 2 atom stereocenters. The quantitative estimate of drug-likeness (QED) is 0.129. The molecule has 0 radical (unpaired) electrons. The first kappa shape index (κ1) is 31.1. The smallest absolute Gasteiger partial charge is 0.299 e. The van der Waals surface area contributed by atoms with Crippen LogP contribution in [0.5, 0.6) is 0 Å². The van der Waals surface area contributed by atoms with Gasteiger partial charge in [-0.2, -0.15) is 8.42 Å². The second-order valence-electron chi connectivity index (χ2n) is 11.4. The topological polar surface area (TPSA) is 110 Å². The molecule has 6 rings (SSSR count). The molecule has 0 fully saturated rings. The van der Waals surface area contributed by atoms with Crippen LogP contribution in [0, 0.1) is 0 Å². The molecule has 5 aromatic rings. The molecule has 1 aliphatic rings. The van der Waals surface area contributed by atoms with E-state index in [0.29, 0.717) is 23.2 Å². The van der Waals surface area contributed by atoms with Crippen molar-refractivity contribution in [3.05, 3.63) is 143 Å². The lowest BCUT2D eigenvalue weighted by molar-refractivity contribution is -0.116. The molecule has 46 heavy (non-hydrogen) atoms. The zero-order valence-electron chi connectivity index (χ0n) is 25.7. The Labute approximate surface area is 269 Å². The van der Waals surface area contributed by atoms with E-state index >= 15 is 0 Å². The molecule has 9 heteroatoms. The molecule has 0 amide bonds. The Hall–Kier alpha value is -4.86. The molecular weight excluding hydrogens is 598 g/mol. The van der Waals surface area contributed by atoms with E-state index in [1.54, 1.807) is 30.3 Å². The summed E-state index contributed by atoms with van der Waals surface area (Å²) in [5, 5.41) is 12.3. The first-order valence-electron chi connectivity index (χ1n) is 15.2. The van der Waals surface area contributed by atoms with E-state index in [9.17, 15) is 18.3 Å². The minimum absolute atomic E-state index is 0.0462. The van der Waals surface area contributed by atoms with Crippen molar-refractivity contribution in [2.45, 2.75) is 49.0 Å². The zero-order valence-corrected chi connectivity index (χ0v) is 26.5. The van der Waals surface area contributed by atoms with Crippen LogP contribution in [0.3, 0.4) is 0 Å². The second-order valence-corrected chi connectivity index (χ2v) is 13.2. The number of fused-ring (bicyclic) bond motifs is 1. The van der Waals surface area contributed by atoms with Crippen molar-refractivity contribution in [2.24, 2.45) is 0 Å². The number of hydrogen-bond acceptors (Lipinski definition) is 7. The van der Waals surface area contributed by atoms with Gasteiger partial charge in [-0.25, -0.2) is 9.97 Å². The molecule has 8 nitrogen and oxygen atoms in total. The van der Waals surface area contributed by atoms with E-state index in [1.807, 2.05) is 85.8 Å². The third-order valence-corrected chi connectivity index (χ3v) is 10.3. The third kappa shape index (κ3) is 5.68. The molecule has 2 heterocycles. The van der Waals surface area contributed by atoms with Crippen molar-refractivity contribution < 1.29 is 23.1 Å². The second kappa shape index (κ2) is 12.9.